The monoisotopic (exact) mass is 544 g/mol. The van der Waals surface area contributed by atoms with Crippen LogP contribution >= 0.6 is 0 Å². The largest absolute Gasteiger partial charge is 0.433 e. The Labute approximate surface area is 227 Å². The van der Waals surface area contributed by atoms with Gasteiger partial charge < -0.3 is 4.74 Å². The van der Waals surface area contributed by atoms with Crippen molar-refractivity contribution in [3.8, 4) is 6.07 Å². The van der Waals surface area contributed by atoms with Crippen LogP contribution in [0.15, 0.2) is 30.3 Å². The second-order valence-corrected chi connectivity index (χ2v) is 11.7. The summed E-state index contributed by atoms with van der Waals surface area (Å²) in [5, 5.41) is 10.5. The molecule has 8 nitrogen and oxygen atoms in total. The fraction of sp³-hybridized carbons (Fsp3) is 0.571. The van der Waals surface area contributed by atoms with E-state index in [4.69, 9.17) is 4.74 Å². The van der Waals surface area contributed by atoms with Crippen molar-refractivity contribution < 1.29 is 22.7 Å². The van der Waals surface area contributed by atoms with E-state index in [-0.39, 0.29) is 18.3 Å². The normalized spacial score (nSPS) is 17.5. The minimum absolute atomic E-state index is 0.172. The first-order valence-electron chi connectivity index (χ1n) is 13.1. The molecule has 0 unspecified atom stereocenters. The quantitative estimate of drug-likeness (QED) is 0.486. The Balaban J connectivity index is 1.53. The zero-order valence-corrected chi connectivity index (χ0v) is 22.8. The molecular weight excluding hydrogens is 509 g/mol. The number of benzene rings is 1. The standard InChI is InChI=1S/C28H35F3N6O2/c1-26(2,3)18-37(24-15-22(28(29,30)31)33-23(16-32)34-24)35-25(38)27(11-12-27)20-7-5-19(6-8-20)17-36(4)21-9-13-39-14-10-21/h5-8,15,21H,9-14,17-18H2,1-4H3,(H,35,38). The molecule has 210 valence electrons. The van der Waals surface area contributed by atoms with Crippen LogP contribution in [0.25, 0.3) is 0 Å². The molecule has 2 aliphatic rings. The van der Waals surface area contributed by atoms with Gasteiger partial charge in [-0.2, -0.15) is 23.4 Å². The maximum Gasteiger partial charge on any atom is 0.433 e. The van der Waals surface area contributed by atoms with Gasteiger partial charge in [0.05, 0.1) is 5.41 Å². The van der Waals surface area contributed by atoms with E-state index in [0.29, 0.717) is 18.9 Å². The second-order valence-electron chi connectivity index (χ2n) is 11.7. The Bertz CT molecular complexity index is 1210. The lowest BCUT2D eigenvalue weighted by atomic mass is 9.93. The maximum absolute atomic E-state index is 13.6. The first-order chi connectivity index (χ1) is 18.3. The van der Waals surface area contributed by atoms with Crippen molar-refractivity contribution in [2.75, 3.05) is 31.8 Å². The highest BCUT2D eigenvalue weighted by Crippen LogP contribution is 2.48. The van der Waals surface area contributed by atoms with Gasteiger partial charge in [-0.3, -0.25) is 20.1 Å². The van der Waals surface area contributed by atoms with Gasteiger partial charge in [0.25, 0.3) is 0 Å². The van der Waals surface area contributed by atoms with Crippen molar-refractivity contribution in [1.82, 2.24) is 20.3 Å². The lowest BCUT2D eigenvalue weighted by molar-refractivity contribution is -0.141. The van der Waals surface area contributed by atoms with Crippen LogP contribution in [0.1, 0.15) is 69.1 Å². The molecule has 1 saturated carbocycles. The zero-order valence-electron chi connectivity index (χ0n) is 22.8. The molecule has 2 aromatic rings. The summed E-state index contributed by atoms with van der Waals surface area (Å²) in [5.74, 6) is -1.11. The predicted octanol–water partition coefficient (Wildman–Crippen LogP) is 4.59. The van der Waals surface area contributed by atoms with Gasteiger partial charge in [0.15, 0.2) is 11.5 Å². The number of nitrogens with zero attached hydrogens (tertiary/aromatic N) is 5. The van der Waals surface area contributed by atoms with E-state index >= 15 is 0 Å². The molecule has 0 atom stereocenters. The number of anilines is 1. The first-order valence-corrected chi connectivity index (χ1v) is 13.1. The van der Waals surface area contributed by atoms with Crippen molar-refractivity contribution in [3.05, 3.63) is 53.0 Å². The summed E-state index contributed by atoms with van der Waals surface area (Å²) < 4.78 is 45.9. The van der Waals surface area contributed by atoms with E-state index in [1.165, 1.54) is 5.01 Å². The number of nitrogens with one attached hydrogen (secondary N) is 1. The molecule has 2 heterocycles. The van der Waals surface area contributed by atoms with Gasteiger partial charge in [-0.1, -0.05) is 45.0 Å². The van der Waals surface area contributed by atoms with E-state index in [9.17, 15) is 23.2 Å². The Morgan fingerprint density at radius 2 is 1.79 bits per heavy atom. The molecule has 0 bridgehead atoms. The fourth-order valence-electron chi connectivity index (χ4n) is 4.89. The molecule has 1 aromatic carbocycles. The lowest BCUT2D eigenvalue weighted by Crippen LogP contribution is -2.50. The average molecular weight is 545 g/mol. The number of ether oxygens (including phenoxy) is 1. The molecule has 1 aromatic heterocycles. The second kappa shape index (κ2) is 11.1. The van der Waals surface area contributed by atoms with E-state index in [1.807, 2.05) is 45.0 Å². The molecule has 1 aliphatic carbocycles. The third-order valence-corrected chi connectivity index (χ3v) is 7.19. The number of nitriles is 1. The van der Waals surface area contributed by atoms with Crippen molar-refractivity contribution in [2.24, 2.45) is 5.41 Å². The number of carbonyl (C=O) groups excluding carboxylic acids is 1. The van der Waals surface area contributed by atoms with Crippen molar-refractivity contribution in [3.63, 3.8) is 0 Å². The highest BCUT2D eigenvalue weighted by Gasteiger charge is 2.52. The molecule has 1 N–H and O–H groups in total. The number of alkyl halides is 3. The molecule has 2 fully saturated rings. The fourth-order valence-corrected chi connectivity index (χ4v) is 4.89. The number of halogens is 3. The van der Waals surface area contributed by atoms with Crippen LogP contribution in [0.3, 0.4) is 0 Å². The molecule has 1 aliphatic heterocycles. The van der Waals surface area contributed by atoms with Crippen LogP contribution in [-0.2, 0) is 27.7 Å². The molecule has 11 heteroatoms. The highest BCUT2D eigenvalue weighted by atomic mass is 19.4. The van der Waals surface area contributed by atoms with Gasteiger partial charge in [0.1, 0.15) is 6.07 Å². The topological polar surface area (TPSA) is 94.4 Å². The van der Waals surface area contributed by atoms with Gasteiger partial charge in [0, 0.05) is 38.4 Å². The van der Waals surface area contributed by atoms with Crippen LogP contribution in [0, 0.1) is 16.7 Å². The van der Waals surface area contributed by atoms with E-state index < -0.39 is 28.5 Å². The highest BCUT2D eigenvalue weighted by molar-refractivity contribution is 5.92. The van der Waals surface area contributed by atoms with Crippen LogP contribution in [0.2, 0.25) is 0 Å². The van der Waals surface area contributed by atoms with Crippen LogP contribution in [0.5, 0.6) is 0 Å². The van der Waals surface area contributed by atoms with Gasteiger partial charge in [-0.05, 0) is 49.3 Å². The number of hydrogen-bond donors (Lipinski definition) is 1. The Morgan fingerprint density at radius 3 is 2.33 bits per heavy atom. The van der Waals surface area contributed by atoms with Gasteiger partial charge in [-0.15, -0.1) is 0 Å². The SMILES string of the molecule is CN(Cc1ccc(C2(C(=O)NN(CC(C)(C)C)c3cc(C(F)(F)F)nc(C#N)n3)CC2)cc1)C1CCOCC1. The number of amides is 1. The number of aromatic nitrogens is 2. The zero-order chi connectivity index (χ0) is 28.4. The third kappa shape index (κ3) is 7.05. The summed E-state index contributed by atoms with van der Waals surface area (Å²) >= 11 is 0. The van der Waals surface area contributed by atoms with Gasteiger partial charge in [0.2, 0.25) is 11.7 Å². The molecule has 1 amide bonds. The minimum atomic E-state index is -4.76. The average Bonchev–Trinajstić information content (AvgIpc) is 3.70. The summed E-state index contributed by atoms with van der Waals surface area (Å²) in [6, 6.07) is 10.8. The van der Waals surface area contributed by atoms with Crippen molar-refractivity contribution in [1.29, 1.82) is 5.26 Å². The molecular formula is C28H35F3N6O2. The lowest BCUT2D eigenvalue weighted by Gasteiger charge is -2.32. The van der Waals surface area contributed by atoms with Crippen LogP contribution < -0.4 is 10.4 Å². The summed E-state index contributed by atoms with van der Waals surface area (Å²) in [7, 11) is 2.11. The number of hydrazine groups is 1. The van der Waals surface area contributed by atoms with E-state index in [0.717, 1.165) is 49.8 Å². The Morgan fingerprint density at radius 1 is 1.15 bits per heavy atom. The molecule has 1 saturated heterocycles. The van der Waals surface area contributed by atoms with Crippen molar-refractivity contribution >= 4 is 11.7 Å². The van der Waals surface area contributed by atoms with Gasteiger partial charge in [-0.25, -0.2) is 4.98 Å². The Kier molecular flexibility index (Phi) is 8.19. The number of carbonyl (C=O) groups is 1. The Hall–Kier alpha value is -3.23. The maximum atomic E-state index is 13.6. The third-order valence-electron chi connectivity index (χ3n) is 7.19. The minimum Gasteiger partial charge on any atom is -0.381 e. The number of rotatable bonds is 8. The summed E-state index contributed by atoms with van der Waals surface area (Å²) in [6.07, 6.45) is -1.49. The van der Waals surface area contributed by atoms with Crippen LogP contribution in [-0.4, -0.2) is 53.6 Å². The summed E-state index contributed by atoms with van der Waals surface area (Å²) in [6.45, 7) is 8.21. The smallest absolute Gasteiger partial charge is 0.381 e. The van der Waals surface area contributed by atoms with E-state index in [2.05, 4.69) is 27.3 Å². The number of hydrogen-bond acceptors (Lipinski definition) is 7. The van der Waals surface area contributed by atoms with Gasteiger partial charge >= 0.3 is 6.18 Å². The van der Waals surface area contributed by atoms with E-state index in [1.54, 1.807) is 6.07 Å². The molecule has 4 rings (SSSR count). The molecule has 39 heavy (non-hydrogen) atoms. The molecule has 0 radical (unpaired) electrons. The summed E-state index contributed by atoms with van der Waals surface area (Å²) in [5.41, 5.74) is 2.42. The first kappa shape index (κ1) is 28.8. The summed E-state index contributed by atoms with van der Waals surface area (Å²) in [4.78, 5) is 23.2. The van der Waals surface area contributed by atoms with Crippen LogP contribution in [0.4, 0.5) is 19.0 Å². The van der Waals surface area contributed by atoms with Crippen molar-refractivity contribution in [2.45, 2.75) is 70.6 Å². The predicted molar refractivity (Wildman–Crippen MR) is 139 cm³/mol. The molecule has 0 spiro atoms.